The van der Waals surface area contributed by atoms with Crippen molar-refractivity contribution in [1.29, 1.82) is 0 Å². The molecule has 0 bridgehead atoms. The molecule has 182 valence electrons. The lowest BCUT2D eigenvalue weighted by Crippen LogP contribution is -2.35. The molecule has 0 radical (unpaired) electrons. The lowest BCUT2D eigenvalue weighted by Gasteiger charge is -2.36. The van der Waals surface area contributed by atoms with Crippen molar-refractivity contribution >= 4 is 11.4 Å². The number of hydrogen-bond donors (Lipinski definition) is 2. The first-order valence-corrected chi connectivity index (χ1v) is 11.6. The van der Waals surface area contributed by atoms with Gasteiger partial charge in [-0.05, 0) is 60.6 Å². The number of halogens is 3. The zero-order valence-electron chi connectivity index (χ0n) is 19.3. The molecular weight excluding hydrogens is 445 g/mol. The monoisotopic (exact) mass is 474 g/mol. The van der Waals surface area contributed by atoms with Crippen LogP contribution in [0, 0.1) is 5.41 Å². The number of rotatable bonds is 4. The number of hydrogen-bond acceptors (Lipinski definition) is 5. The molecule has 3 heterocycles. The molecule has 2 aromatic rings. The molecule has 1 spiro atoms. The molecule has 5 rings (SSSR count). The molecule has 0 saturated heterocycles. The Morgan fingerprint density at radius 1 is 1.12 bits per heavy atom. The lowest BCUT2D eigenvalue weighted by molar-refractivity contribution is -0.173. The Morgan fingerprint density at radius 2 is 1.94 bits per heavy atom. The maximum absolute atomic E-state index is 14.1. The zero-order valence-corrected chi connectivity index (χ0v) is 19.3. The molecule has 34 heavy (non-hydrogen) atoms. The van der Waals surface area contributed by atoms with E-state index in [1.54, 1.807) is 24.3 Å². The summed E-state index contributed by atoms with van der Waals surface area (Å²) in [4.78, 5) is 0. The molecule has 1 aliphatic carbocycles. The smallest absolute Gasteiger partial charge is 0.410 e. The number of nitrogens with one attached hydrogen (secondary N) is 2. The molecule has 9 heteroatoms. The fourth-order valence-electron chi connectivity index (χ4n) is 5.27. The van der Waals surface area contributed by atoms with Gasteiger partial charge in [0.05, 0.1) is 26.0 Å². The van der Waals surface area contributed by atoms with Gasteiger partial charge >= 0.3 is 6.18 Å². The van der Waals surface area contributed by atoms with Gasteiger partial charge in [-0.25, -0.2) is 4.68 Å². The normalized spacial score (nSPS) is 26.3. The van der Waals surface area contributed by atoms with E-state index in [0.717, 1.165) is 42.5 Å². The fraction of sp³-hybridized carbons (Fsp3) is 0.480. The van der Waals surface area contributed by atoms with Crippen molar-refractivity contribution < 1.29 is 22.6 Å². The van der Waals surface area contributed by atoms with Crippen LogP contribution in [0.1, 0.15) is 55.4 Å². The number of ether oxygens (including phenoxy) is 2. The first-order chi connectivity index (χ1) is 16.3. The minimum absolute atomic E-state index is 0.152. The second kappa shape index (κ2) is 8.60. The average molecular weight is 475 g/mol. The Kier molecular flexibility index (Phi) is 5.73. The van der Waals surface area contributed by atoms with Crippen LogP contribution in [-0.2, 0) is 0 Å². The molecular formula is C25H29F3N4O2. The van der Waals surface area contributed by atoms with E-state index in [2.05, 4.69) is 27.9 Å². The van der Waals surface area contributed by atoms with Gasteiger partial charge in [0, 0.05) is 19.0 Å². The van der Waals surface area contributed by atoms with E-state index < -0.39 is 18.3 Å². The molecule has 3 atom stereocenters. The third-order valence-corrected chi connectivity index (χ3v) is 7.30. The van der Waals surface area contributed by atoms with Crippen molar-refractivity contribution in [3.05, 3.63) is 53.9 Å². The molecule has 1 aromatic heterocycles. The van der Waals surface area contributed by atoms with Crippen molar-refractivity contribution in [3.63, 3.8) is 0 Å². The van der Waals surface area contributed by atoms with Gasteiger partial charge in [0.2, 0.25) is 0 Å². The van der Waals surface area contributed by atoms with E-state index >= 15 is 0 Å². The maximum atomic E-state index is 14.1. The number of fused-ring (bicyclic) bond motifs is 1. The Labute approximate surface area is 196 Å². The summed E-state index contributed by atoms with van der Waals surface area (Å²) in [6, 6.07) is 4.73. The Bertz CT molecular complexity index is 1120. The molecule has 3 aliphatic rings. The van der Waals surface area contributed by atoms with Crippen molar-refractivity contribution in [3.8, 4) is 11.5 Å². The number of aromatic nitrogens is 2. The maximum Gasteiger partial charge on any atom is 0.410 e. The summed E-state index contributed by atoms with van der Waals surface area (Å²) in [6.45, 7) is 0.952. The topological polar surface area (TPSA) is 60.3 Å². The van der Waals surface area contributed by atoms with Gasteiger partial charge < -0.3 is 20.1 Å². The number of nitrogens with zero attached hydrogens (tertiary/aromatic N) is 2. The third-order valence-electron chi connectivity index (χ3n) is 7.30. The Balaban J connectivity index is 1.45. The van der Waals surface area contributed by atoms with E-state index in [0.29, 0.717) is 28.6 Å². The Morgan fingerprint density at radius 3 is 2.59 bits per heavy atom. The van der Waals surface area contributed by atoms with E-state index in [1.165, 1.54) is 14.2 Å². The predicted octanol–water partition coefficient (Wildman–Crippen LogP) is 5.62. The van der Waals surface area contributed by atoms with E-state index in [9.17, 15) is 13.2 Å². The minimum Gasteiger partial charge on any atom is -0.493 e. The van der Waals surface area contributed by atoms with Crippen LogP contribution in [0.4, 0.5) is 19.0 Å². The number of anilines is 1. The average Bonchev–Trinajstić information content (AvgIpc) is 3.27. The van der Waals surface area contributed by atoms with Crippen LogP contribution in [0.2, 0.25) is 0 Å². The van der Waals surface area contributed by atoms with Gasteiger partial charge in [0.1, 0.15) is 5.82 Å². The van der Waals surface area contributed by atoms with Crippen LogP contribution in [0.15, 0.2) is 42.6 Å². The third kappa shape index (κ3) is 4.12. The highest BCUT2D eigenvalue weighted by atomic mass is 19.4. The fourth-order valence-corrected chi connectivity index (χ4v) is 5.27. The summed E-state index contributed by atoms with van der Waals surface area (Å²) >= 11 is 0. The van der Waals surface area contributed by atoms with Crippen LogP contribution in [0.3, 0.4) is 0 Å². The highest BCUT2D eigenvalue weighted by Crippen LogP contribution is 2.47. The SMILES string of the molecule is COc1ccc(C2CC(C(F)(F)F)n3nc(C4=CCC5(C=CNCC5)CC4)cc3N2)cc1OC. The molecule has 0 fully saturated rings. The summed E-state index contributed by atoms with van der Waals surface area (Å²) in [5.74, 6) is 1.40. The first-order valence-electron chi connectivity index (χ1n) is 11.6. The number of benzene rings is 1. The van der Waals surface area contributed by atoms with E-state index in [-0.39, 0.29) is 11.8 Å². The summed E-state index contributed by atoms with van der Waals surface area (Å²) in [6.07, 6.45) is 5.56. The van der Waals surface area contributed by atoms with Gasteiger partial charge in [-0.1, -0.05) is 18.2 Å². The molecule has 0 amide bonds. The van der Waals surface area contributed by atoms with Crippen molar-refractivity contribution in [2.24, 2.45) is 5.41 Å². The van der Waals surface area contributed by atoms with Gasteiger partial charge in [-0.2, -0.15) is 18.3 Å². The van der Waals surface area contributed by atoms with Gasteiger partial charge in [-0.15, -0.1) is 0 Å². The van der Waals surface area contributed by atoms with Gasteiger partial charge in [0.25, 0.3) is 0 Å². The standard InChI is InChI=1S/C25H29F3N4O2/c1-33-20-4-3-17(13-21(20)34-2)18-14-22(25(26,27)28)32-23(30-18)15-19(31-32)16-5-7-24(8-6-16)9-11-29-12-10-24/h3-5,9,11,13,15,18,22,29-30H,6-8,10,12,14H2,1-2H3. The minimum atomic E-state index is -4.42. The van der Waals surface area contributed by atoms with Crippen molar-refractivity contribution in [1.82, 2.24) is 15.1 Å². The quantitative estimate of drug-likeness (QED) is 0.602. The molecule has 3 unspecified atom stereocenters. The van der Waals surface area contributed by atoms with Crippen LogP contribution >= 0.6 is 0 Å². The Hall–Kier alpha value is -3.10. The van der Waals surface area contributed by atoms with Crippen LogP contribution in [0.25, 0.3) is 5.57 Å². The second-order valence-electron chi connectivity index (χ2n) is 9.30. The summed E-state index contributed by atoms with van der Waals surface area (Å²) < 4.78 is 54.0. The highest BCUT2D eigenvalue weighted by Gasteiger charge is 2.47. The number of methoxy groups -OCH3 is 2. The van der Waals surface area contributed by atoms with Gasteiger partial charge in [-0.3, -0.25) is 0 Å². The van der Waals surface area contributed by atoms with Gasteiger partial charge in [0.15, 0.2) is 17.5 Å². The zero-order chi connectivity index (χ0) is 23.9. The lowest BCUT2D eigenvalue weighted by atomic mass is 9.71. The van der Waals surface area contributed by atoms with Crippen LogP contribution in [0.5, 0.6) is 11.5 Å². The molecule has 2 N–H and O–H groups in total. The molecule has 1 aromatic carbocycles. The molecule has 2 aliphatic heterocycles. The number of alkyl halides is 3. The predicted molar refractivity (Wildman–Crippen MR) is 124 cm³/mol. The van der Waals surface area contributed by atoms with Crippen LogP contribution < -0.4 is 20.1 Å². The van der Waals surface area contributed by atoms with E-state index in [1.807, 2.05) is 6.20 Å². The van der Waals surface area contributed by atoms with Crippen molar-refractivity contribution in [2.75, 3.05) is 26.1 Å². The molecule has 6 nitrogen and oxygen atoms in total. The largest absolute Gasteiger partial charge is 0.493 e. The summed E-state index contributed by atoms with van der Waals surface area (Å²) in [5, 5.41) is 10.9. The van der Waals surface area contributed by atoms with Crippen molar-refractivity contribution in [2.45, 2.75) is 50.4 Å². The van der Waals surface area contributed by atoms with E-state index in [4.69, 9.17) is 9.47 Å². The summed E-state index contributed by atoms with van der Waals surface area (Å²) in [5.41, 5.74) is 2.50. The first kappa shape index (κ1) is 22.7. The highest BCUT2D eigenvalue weighted by molar-refractivity contribution is 5.67. The second-order valence-corrected chi connectivity index (χ2v) is 9.30. The van der Waals surface area contributed by atoms with Crippen LogP contribution in [-0.4, -0.2) is 36.7 Å². The number of allylic oxidation sites excluding steroid dienone is 3. The summed E-state index contributed by atoms with van der Waals surface area (Å²) in [7, 11) is 3.04. The molecule has 0 saturated carbocycles.